The zero-order chi connectivity index (χ0) is 16.9. The number of nitro groups is 1. The van der Waals surface area contributed by atoms with Crippen LogP contribution in [0.4, 0.5) is 17.2 Å². The summed E-state index contributed by atoms with van der Waals surface area (Å²) in [5, 5.41) is 11.5. The lowest BCUT2D eigenvalue weighted by atomic mass is 10.2. The molecule has 0 N–H and O–H groups in total. The Bertz CT molecular complexity index is 686. The number of para-hydroxylation sites is 1. The van der Waals surface area contributed by atoms with Gasteiger partial charge < -0.3 is 4.90 Å². The van der Waals surface area contributed by atoms with Crippen molar-refractivity contribution in [3.63, 3.8) is 0 Å². The van der Waals surface area contributed by atoms with Crippen LogP contribution in [0.15, 0.2) is 48.7 Å². The second-order valence-electron chi connectivity index (χ2n) is 5.94. The van der Waals surface area contributed by atoms with Crippen LogP contribution >= 0.6 is 0 Å². The normalized spacial score (nSPS) is 16.0. The fraction of sp³-hybridized carbons (Fsp3) is 0.389. The van der Waals surface area contributed by atoms with E-state index in [1.807, 2.05) is 35.2 Å². The van der Waals surface area contributed by atoms with Crippen molar-refractivity contribution >= 4 is 17.2 Å². The third kappa shape index (κ3) is 3.23. The predicted molar refractivity (Wildman–Crippen MR) is 94.4 cm³/mol. The molecule has 2 aromatic rings. The summed E-state index contributed by atoms with van der Waals surface area (Å²) in [6.45, 7) is 4.15. The van der Waals surface area contributed by atoms with E-state index >= 15 is 0 Å². The van der Waals surface area contributed by atoms with E-state index in [2.05, 4.69) is 16.8 Å². The van der Waals surface area contributed by atoms with E-state index in [1.165, 1.54) is 18.9 Å². The van der Waals surface area contributed by atoms with Crippen LogP contribution in [-0.2, 0) is 0 Å². The molecule has 1 aliphatic rings. The van der Waals surface area contributed by atoms with E-state index in [4.69, 9.17) is 0 Å². The maximum absolute atomic E-state index is 11.5. The van der Waals surface area contributed by atoms with Gasteiger partial charge in [-0.05, 0) is 37.5 Å². The maximum Gasteiger partial charge on any atom is 0.311 e. The number of pyridine rings is 1. The van der Waals surface area contributed by atoms with Crippen LogP contribution in [0.3, 0.4) is 0 Å². The van der Waals surface area contributed by atoms with Crippen molar-refractivity contribution < 1.29 is 4.92 Å². The highest BCUT2D eigenvalue weighted by molar-refractivity contribution is 5.68. The third-order valence-electron chi connectivity index (χ3n) is 4.45. The summed E-state index contributed by atoms with van der Waals surface area (Å²) in [5.41, 5.74) is 0.969. The summed E-state index contributed by atoms with van der Waals surface area (Å²) in [5.74, 6) is 0.410. The van der Waals surface area contributed by atoms with Gasteiger partial charge in [-0.1, -0.05) is 25.1 Å². The van der Waals surface area contributed by atoms with Gasteiger partial charge >= 0.3 is 5.69 Å². The maximum atomic E-state index is 11.5. The van der Waals surface area contributed by atoms with Gasteiger partial charge in [0.25, 0.3) is 0 Å². The highest BCUT2D eigenvalue weighted by atomic mass is 16.6. The highest BCUT2D eigenvalue weighted by Crippen LogP contribution is 2.35. The van der Waals surface area contributed by atoms with Crippen molar-refractivity contribution in [1.29, 1.82) is 0 Å². The Balaban J connectivity index is 2.10. The Hall–Kier alpha value is -2.47. The molecule has 0 saturated carbocycles. The average Bonchev–Trinajstić information content (AvgIpc) is 3.14. The third-order valence-corrected chi connectivity index (χ3v) is 4.45. The highest BCUT2D eigenvalue weighted by Gasteiger charge is 2.32. The van der Waals surface area contributed by atoms with E-state index in [0.29, 0.717) is 5.82 Å². The smallest absolute Gasteiger partial charge is 0.304 e. The quantitative estimate of drug-likeness (QED) is 0.594. The van der Waals surface area contributed by atoms with Gasteiger partial charge in [0.05, 0.1) is 11.1 Å². The summed E-state index contributed by atoms with van der Waals surface area (Å²) >= 11 is 0. The molecule has 0 amide bonds. The average molecular weight is 326 g/mol. The number of likely N-dealkylation sites (tertiary alicyclic amines) is 1. The zero-order valence-corrected chi connectivity index (χ0v) is 13.8. The fourth-order valence-corrected chi connectivity index (χ4v) is 3.38. The lowest BCUT2D eigenvalue weighted by Gasteiger charge is -2.37. The van der Waals surface area contributed by atoms with E-state index in [1.54, 1.807) is 12.3 Å². The van der Waals surface area contributed by atoms with E-state index < -0.39 is 0 Å². The Morgan fingerprint density at radius 1 is 1.21 bits per heavy atom. The van der Waals surface area contributed by atoms with Crippen molar-refractivity contribution in [1.82, 2.24) is 9.88 Å². The molecule has 1 fully saturated rings. The standard InChI is InChI=1S/C18H22N4O2/c1-2-17(20-13-6-7-14-20)21(15-9-4-3-5-10-15)18-16(22(23)24)11-8-12-19-18/h3-5,8-12,17H,2,6-7,13-14H2,1H3. The number of aromatic nitrogens is 1. The first-order valence-electron chi connectivity index (χ1n) is 8.40. The Labute approximate surface area is 141 Å². The Morgan fingerprint density at radius 3 is 2.54 bits per heavy atom. The van der Waals surface area contributed by atoms with Gasteiger partial charge in [0.2, 0.25) is 5.82 Å². The first-order chi connectivity index (χ1) is 11.7. The zero-order valence-electron chi connectivity index (χ0n) is 13.8. The number of hydrogen-bond donors (Lipinski definition) is 0. The molecule has 2 heterocycles. The van der Waals surface area contributed by atoms with Crippen LogP contribution in [0, 0.1) is 10.1 Å². The molecule has 0 aliphatic carbocycles. The number of hydrogen-bond acceptors (Lipinski definition) is 5. The summed E-state index contributed by atoms with van der Waals surface area (Å²) in [4.78, 5) is 19.9. The Morgan fingerprint density at radius 2 is 1.92 bits per heavy atom. The van der Waals surface area contributed by atoms with Crippen LogP contribution in [0.1, 0.15) is 26.2 Å². The molecule has 0 spiro atoms. The number of anilines is 2. The monoisotopic (exact) mass is 326 g/mol. The van der Waals surface area contributed by atoms with Crippen molar-refractivity contribution in [2.75, 3.05) is 18.0 Å². The molecule has 24 heavy (non-hydrogen) atoms. The number of rotatable bonds is 6. The fourth-order valence-electron chi connectivity index (χ4n) is 3.38. The molecule has 0 bridgehead atoms. The first kappa shape index (κ1) is 16.4. The molecule has 6 nitrogen and oxygen atoms in total. The number of benzene rings is 1. The molecular formula is C18H22N4O2. The van der Waals surface area contributed by atoms with Gasteiger partial charge in [0.1, 0.15) is 0 Å². The Kier molecular flexibility index (Phi) is 5.05. The van der Waals surface area contributed by atoms with Crippen molar-refractivity contribution in [2.45, 2.75) is 32.4 Å². The van der Waals surface area contributed by atoms with Crippen LogP contribution in [0.2, 0.25) is 0 Å². The molecule has 1 atom stereocenters. The van der Waals surface area contributed by atoms with Crippen molar-refractivity contribution in [3.05, 3.63) is 58.8 Å². The van der Waals surface area contributed by atoms with E-state index in [0.717, 1.165) is 25.2 Å². The minimum atomic E-state index is -0.352. The summed E-state index contributed by atoms with van der Waals surface area (Å²) in [7, 11) is 0. The first-order valence-corrected chi connectivity index (χ1v) is 8.40. The summed E-state index contributed by atoms with van der Waals surface area (Å²) in [6, 6.07) is 13.0. The molecule has 1 saturated heterocycles. The van der Waals surface area contributed by atoms with E-state index in [9.17, 15) is 10.1 Å². The topological polar surface area (TPSA) is 62.5 Å². The molecular weight excluding hydrogens is 304 g/mol. The van der Waals surface area contributed by atoms with Gasteiger partial charge in [0.15, 0.2) is 0 Å². The van der Waals surface area contributed by atoms with Crippen LogP contribution in [0.5, 0.6) is 0 Å². The molecule has 0 radical (unpaired) electrons. The molecule has 1 aromatic heterocycles. The lowest BCUT2D eigenvalue weighted by molar-refractivity contribution is -0.384. The van der Waals surface area contributed by atoms with Gasteiger partial charge in [-0.25, -0.2) is 4.98 Å². The van der Waals surface area contributed by atoms with Crippen LogP contribution in [-0.4, -0.2) is 34.1 Å². The molecule has 126 valence electrons. The number of nitrogens with zero attached hydrogens (tertiary/aromatic N) is 4. The van der Waals surface area contributed by atoms with Gasteiger partial charge in [0, 0.05) is 31.0 Å². The summed E-state index contributed by atoms with van der Waals surface area (Å²) < 4.78 is 0. The van der Waals surface area contributed by atoms with Crippen molar-refractivity contribution in [2.24, 2.45) is 0 Å². The van der Waals surface area contributed by atoms with Gasteiger partial charge in [-0.2, -0.15) is 0 Å². The van der Waals surface area contributed by atoms with Crippen molar-refractivity contribution in [3.8, 4) is 0 Å². The largest absolute Gasteiger partial charge is 0.311 e. The molecule has 1 aliphatic heterocycles. The van der Waals surface area contributed by atoms with Gasteiger partial charge in [-0.3, -0.25) is 15.0 Å². The summed E-state index contributed by atoms with van der Waals surface area (Å²) in [6.07, 6.45) is 4.88. The molecule has 1 unspecified atom stereocenters. The van der Waals surface area contributed by atoms with Crippen LogP contribution < -0.4 is 4.90 Å². The molecule has 6 heteroatoms. The predicted octanol–water partition coefficient (Wildman–Crippen LogP) is 3.96. The SMILES string of the molecule is CCC(N1CCCC1)N(c1ccccc1)c1ncccc1[N+](=O)[O-]. The van der Waals surface area contributed by atoms with E-state index in [-0.39, 0.29) is 16.8 Å². The molecule has 3 rings (SSSR count). The minimum absolute atomic E-state index is 0.0407. The minimum Gasteiger partial charge on any atom is -0.304 e. The lowest BCUT2D eigenvalue weighted by Crippen LogP contribution is -2.45. The second kappa shape index (κ2) is 7.40. The second-order valence-corrected chi connectivity index (χ2v) is 5.94. The van der Waals surface area contributed by atoms with Gasteiger partial charge in [-0.15, -0.1) is 0 Å². The van der Waals surface area contributed by atoms with Crippen LogP contribution in [0.25, 0.3) is 0 Å². The molecule has 1 aromatic carbocycles.